The molecule has 0 spiro atoms. The molecule has 0 aromatic heterocycles. The van der Waals surface area contributed by atoms with Crippen LogP contribution in [-0.4, -0.2) is 39.5 Å². The van der Waals surface area contributed by atoms with E-state index in [0.717, 1.165) is 16.7 Å². The Hall–Kier alpha value is -4.39. The molecule has 3 aromatic rings. The van der Waals surface area contributed by atoms with Gasteiger partial charge in [-0.2, -0.15) is 0 Å². The number of phenols is 1. The molecule has 1 amide bonds. The molecule has 0 radical (unpaired) electrons. The molecule has 0 saturated heterocycles. The molecule has 0 bridgehead atoms. The van der Waals surface area contributed by atoms with Crippen molar-refractivity contribution in [2.24, 2.45) is 0 Å². The minimum atomic E-state index is -0.317. The second kappa shape index (κ2) is 11.5. The van der Waals surface area contributed by atoms with Crippen LogP contribution in [-0.2, 0) is 4.79 Å². The van der Waals surface area contributed by atoms with E-state index in [-0.39, 0.29) is 11.7 Å². The third-order valence-electron chi connectivity index (χ3n) is 4.94. The summed E-state index contributed by atoms with van der Waals surface area (Å²) < 4.78 is 21.6. The maximum absolute atomic E-state index is 12.3. The Balaban J connectivity index is 1.76. The molecule has 0 aliphatic heterocycles. The fourth-order valence-electron chi connectivity index (χ4n) is 3.28. The molecule has 2 N–H and O–H groups in total. The van der Waals surface area contributed by atoms with Crippen molar-refractivity contribution in [3.8, 4) is 28.7 Å². The van der Waals surface area contributed by atoms with Crippen molar-refractivity contribution in [2.75, 3.05) is 33.8 Å². The van der Waals surface area contributed by atoms with Gasteiger partial charge in [0.2, 0.25) is 11.7 Å². The molecular formula is C27H27NO6. The number of hydrogen-bond acceptors (Lipinski definition) is 6. The summed E-state index contributed by atoms with van der Waals surface area (Å²) in [7, 11) is 6.24. The zero-order valence-electron chi connectivity index (χ0n) is 19.5. The largest absolute Gasteiger partial charge is 0.508 e. The maximum atomic E-state index is 12.3. The highest BCUT2D eigenvalue weighted by atomic mass is 16.5. The molecule has 0 heterocycles. The minimum Gasteiger partial charge on any atom is -0.508 e. The third kappa shape index (κ3) is 6.10. The molecule has 0 atom stereocenters. The standard InChI is InChI=1S/C27H27NO6/c1-31-23-15-19(8-9-20-16-24(32-2)27(34-4)25(17-20)33-3)10-12-22(23)28-26(30)13-11-18-6-5-7-21(29)14-18/h5-17,29H,1-4H3,(H,28,30)/b9-8?,13-11+. The molecule has 7 heteroatoms. The van der Waals surface area contributed by atoms with Gasteiger partial charge in [0.05, 0.1) is 34.1 Å². The van der Waals surface area contributed by atoms with Gasteiger partial charge in [0.1, 0.15) is 11.5 Å². The van der Waals surface area contributed by atoms with Crippen molar-refractivity contribution in [2.45, 2.75) is 0 Å². The van der Waals surface area contributed by atoms with E-state index in [1.54, 1.807) is 64.8 Å². The van der Waals surface area contributed by atoms with Crippen LogP contribution in [0.1, 0.15) is 16.7 Å². The van der Waals surface area contributed by atoms with Gasteiger partial charge < -0.3 is 29.4 Å². The molecule has 0 unspecified atom stereocenters. The zero-order chi connectivity index (χ0) is 24.5. The van der Waals surface area contributed by atoms with E-state index in [0.29, 0.717) is 28.7 Å². The van der Waals surface area contributed by atoms with Crippen LogP contribution < -0.4 is 24.3 Å². The number of aromatic hydroxyl groups is 1. The van der Waals surface area contributed by atoms with E-state index in [4.69, 9.17) is 18.9 Å². The minimum absolute atomic E-state index is 0.138. The van der Waals surface area contributed by atoms with Crippen LogP contribution in [0.15, 0.2) is 60.7 Å². The van der Waals surface area contributed by atoms with Crippen LogP contribution in [0.3, 0.4) is 0 Å². The molecule has 3 rings (SSSR count). The number of carbonyl (C=O) groups excluding carboxylic acids is 1. The Bertz CT molecular complexity index is 1190. The predicted molar refractivity (Wildman–Crippen MR) is 134 cm³/mol. The average Bonchev–Trinajstić information content (AvgIpc) is 2.86. The SMILES string of the molecule is COc1cc(C=Cc2cc(OC)c(OC)c(OC)c2)ccc1NC(=O)/C=C/c1cccc(O)c1. The van der Waals surface area contributed by atoms with E-state index in [1.165, 1.54) is 6.08 Å². The third-order valence-corrected chi connectivity index (χ3v) is 4.94. The Kier molecular flexibility index (Phi) is 8.18. The molecule has 0 aliphatic rings. The van der Waals surface area contributed by atoms with Crippen molar-refractivity contribution in [1.82, 2.24) is 0 Å². The highest BCUT2D eigenvalue weighted by Crippen LogP contribution is 2.38. The lowest BCUT2D eigenvalue weighted by Gasteiger charge is -2.13. The second-order valence-corrected chi connectivity index (χ2v) is 7.17. The summed E-state index contributed by atoms with van der Waals surface area (Å²) in [4.78, 5) is 12.3. The summed E-state index contributed by atoms with van der Waals surface area (Å²) in [6.45, 7) is 0. The van der Waals surface area contributed by atoms with E-state index in [1.807, 2.05) is 36.4 Å². The van der Waals surface area contributed by atoms with Crippen LogP contribution in [0.5, 0.6) is 28.7 Å². The Morgan fingerprint density at radius 1 is 0.735 bits per heavy atom. The summed E-state index contributed by atoms with van der Waals surface area (Å²) in [6.07, 6.45) is 6.84. The Morgan fingerprint density at radius 2 is 1.35 bits per heavy atom. The number of methoxy groups -OCH3 is 4. The Morgan fingerprint density at radius 3 is 1.97 bits per heavy atom. The topological polar surface area (TPSA) is 86.3 Å². The molecular weight excluding hydrogens is 434 g/mol. The molecule has 34 heavy (non-hydrogen) atoms. The lowest BCUT2D eigenvalue weighted by Crippen LogP contribution is -2.09. The van der Waals surface area contributed by atoms with E-state index < -0.39 is 0 Å². The molecule has 7 nitrogen and oxygen atoms in total. The van der Waals surface area contributed by atoms with E-state index in [9.17, 15) is 9.90 Å². The fourth-order valence-corrected chi connectivity index (χ4v) is 3.28. The zero-order valence-corrected chi connectivity index (χ0v) is 19.5. The lowest BCUT2D eigenvalue weighted by molar-refractivity contribution is -0.111. The maximum Gasteiger partial charge on any atom is 0.248 e. The molecule has 0 fully saturated rings. The average molecular weight is 462 g/mol. The van der Waals surface area contributed by atoms with Crippen molar-refractivity contribution >= 4 is 29.8 Å². The van der Waals surface area contributed by atoms with Gasteiger partial charge in [-0.15, -0.1) is 0 Å². The number of phenolic OH excluding ortho intramolecular Hbond substituents is 1. The van der Waals surface area contributed by atoms with Crippen LogP contribution >= 0.6 is 0 Å². The first-order chi connectivity index (χ1) is 16.5. The fraction of sp³-hybridized carbons (Fsp3) is 0.148. The first-order valence-corrected chi connectivity index (χ1v) is 10.4. The van der Waals surface area contributed by atoms with Crippen molar-refractivity contribution < 1.29 is 28.8 Å². The van der Waals surface area contributed by atoms with Gasteiger partial charge >= 0.3 is 0 Å². The van der Waals surface area contributed by atoms with Gasteiger partial charge in [-0.25, -0.2) is 0 Å². The van der Waals surface area contributed by atoms with Crippen LogP contribution in [0.25, 0.3) is 18.2 Å². The number of ether oxygens (including phenoxy) is 4. The molecule has 176 valence electrons. The van der Waals surface area contributed by atoms with Crippen molar-refractivity contribution in [3.05, 3.63) is 77.4 Å². The van der Waals surface area contributed by atoms with Crippen LogP contribution in [0.4, 0.5) is 5.69 Å². The monoisotopic (exact) mass is 461 g/mol. The van der Waals surface area contributed by atoms with Gasteiger partial charge in [0.25, 0.3) is 0 Å². The quantitative estimate of drug-likeness (QED) is 0.334. The number of rotatable bonds is 9. The normalized spacial score (nSPS) is 10.9. The number of amides is 1. The van der Waals surface area contributed by atoms with Crippen molar-refractivity contribution in [1.29, 1.82) is 0 Å². The number of anilines is 1. The van der Waals surface area contributed by atoms with Crippen molar-refractivity contribution in [3.63, 3.8) is 0 Å². The first-order valence-electron chi connectivity index (χ1n) is 10.4. The van der Waals surface area contributed by atoms with E-state index >= 15 is 0 Å². The predicted octanol–water partition coefficient (Wildman–Crippen LogP) is 5.25. The highest BCUT2D eigenvalue weighted by Gasteiger charge is 2.12. The Labute approximate surface area is 198 Å². The van der Waals surface area contributed by atoms with Gasteiger partial charge in [-0.1, -0.05) is 30.4 Å². The summed E-state index contributed by atoms with van der Waals surface area (Å²) in [5.74, 6) is 2.00. The summed E-state index contributed by atoms with van der Waals surface area (Å²) in [6, 6.07) is 15.8. The van der Waals surface area contributed by atoms with E-state index in [2.05, 4.69) is 5.32 Å². The molecule has 0 saturated carbocycles. The number of benzene rings is 3. The smallest absolute Gasteiger partial charge is 0.248 e. The molecule has 3 aromatic carbocycles. The highest BCUT2D eigenvalue weighted by molar-refractivity contribution is 6.02. The summed E-state index contributed by atoms with van der Waals surface area (Å²) in [5, 5.41) is 12.3. The second-order valence-electron chi connectivity index (χ2n) is 7.17. The first kappa shape index (κ1) is 24.3. The number of hydrogen-bond donors (Lipinski definition) is 2. The summed E-state index contributed by atoms with van der Waals surface area (Å²) >= 11 is 0. The van der Waals surface area contributed by atoms with Gasteiger partial charge in [0, 0.05) is 6.08 Å². The summed E-state index contributed by atoms with van der Waals surface area (Å²) in [5.41, 5.74) is 2.99. The number of carbonyl (C=O) groups is 1. The van der Waals surface area contributed by atoms with Gasteiger partial charge in [-0.3, -0.25) is 4.79 Å². The number of nitrogens with one attached hydrogen (secondary N) is 1. The van der Waals surface area contributed by atoms with Gasteiger partial charge in [-0.05, 0) is 59.2 Å². The van der Waals surface area contributed by atoms with Crippen LogP contribution in [0, 0.1) is 0 Å². The van der Waals surface area contributed by atoms with Crippen LogP contribution in [0.2, 0.25) is 0 Å². The molecule has 0 aliphatic carbocycles. The lowest BCUT2D eigenvalue weighted by atomic mass is 10.1. The van der Waals surface area contributed by atoms with Gasteiger partial charge in [0.15, 0.2) is 11.5 Å².